The van der Waals surface area contributed by atoms with Crippen LogP contribution in [0.1, 0.15) is 44.5 Å². The Balaban J connectivity index is 0.000000122. The highest BCUT2D eigenvalue weighted by molar-refractivity contribution is 6.23. The highest BCUT2D eigenvalue weighted by Gasteiger charge is 2.23. The smallest absolute Gasteiger partial charge is 0.145 e. The SMILES string of the molecule is C(=C(c1ccccc1)c1ccccc1)c1ccc(-c2c3ccccc3c(-c3ccc(C=C(c4ccccc4)c4ccccc4)cc3)c3ccccc23)cc1.C(=C\c1ccc(N(c2ccccc2)c2ccccc2)cc1)/c1ccc(N(c2ccccc2)c2ccccc2)cc1.c1ccc(-c2nc3ccccc3n2-c2ccc(-c3c4ccccc4c(-c4ccc5ccccc5c4)c4ccccc34)cc2)cc1. The third-order valence-corrected chi connectivity index (χ3v) is 26.1. The molecule has 656 valence electrons. The van der Waals surface area contributed by atoms with Gasteiger partial charge in [0.15, 0.2) is 0 Å². The van der Waals surface area contributed by atoms with Crippen molar-refractivity contribution in [3.63, 3.8) is 0 Å². The molecule has 1 heterocycles. The summed E-state index contributed by atoms with van der Waals surface area (Å²) in [5.41, 5.74) is 32.9. The molecule has 0 aliphatic heterocycles. The van der Waals surface area contributed by atoms with Gasteiger partial charge in [0.2, 0.25) is 0 Å². The van der Waals surface area contributed by atoms with Gasteiger partial charge in [0.25, 0.3) is 0 Å². The van der Waals surface area contributed by atoms with E-state index in [0.29, 0.717) is 0 Å². The zero-order chi connectivity index (χ0) is 92.8. The predicted molar refractivity (Wildman–Crippen MR) is 593 cm³/mol. The summed E-state index contributed by atoms with van der Waals surface area (Å²) < 4.78 is 2.27. The van der Waals surface area contributed by atoms with Gasteiger partial charge in [-0.3, -0.25) is 4.57 Å². The molecular formula is C135H96N4. The Morgan fingerprint density at radius 1 is 0.194 bits per heavy atom. The molecular weight excluding hydrogens is 1680 g/mol. The molecule has 0 radical (unpaired) electrons. The minimum absolute atomic E-state index is 0.945. The van der Waals surface area contributed by atoms with Crippen LogP contribution in [0.15, 0.2) is 558 Å². The Hall–Kier alpha value is -18.4. The van der Waals surface area contributed by atoms with Crippen molar-refractivity contribution in [2.24, 2.45) is 0 Å². The number of aromatic nitrogens is 2. The van der Waals surface area contributed by atoms with Crippen LogP contribution in [0.25, 0.3) is 162 Å². The van der Waals surface area contributed by atoms with Crippen LogP contribution in [0, 0.1) is 0 Å². The summed E-state index contributed by atoms with van der Waals surface area (Å²) >= 11 is 0. The average Bonchev–Trinajstić information content (AvgIpc) is 1.62. The lowest BCUT2D eigenvalue weighted by Gasteiger charge is -2.25. The fourth-order valence-electron chi connectivity index (χ4n) is 19.5. The molecule has 0 saturated heterocycles. The minimum Gasteiger partial charge on any atom is -0.311 e. The molecule has 0 aliphatic carbocycles. The fraction of sp³-hybridized carbons (Fsp3) is 0. The molecule has 0 saturated carbocycles. The number of para-hydroxylation sites is 6. The number of benzene rings is 23. The van der Waals surface area contributed by atoms with Crippen LogP contribution in [0.5, 0.6) is 0 Å². The van der Waals surface area contributed by atoms with E-state index in [-0.39, 0.29) is 0 Å². The summed E-state index contributed by atoms with van der Waals surface area (Å²) in [6, 6.07) is 199. The van der Waals surface area contributed by atoms with E-state index < -0.39 is 0 Å². The van der Waals surface area contributed by atoms with Crippen LogP contribution >= 0.6 is 0 Å². The molecule has 4 heteroatoms. The van der Waals surface area contributed by atoms with Crippen molar-refractivity contribution >= 4 is 134 Å². The van der Waals surface area contributed by atoms with E-state index in [2.05, 4.69) is 566 Å². The minimum atomic E-state index is 0.945. The van der Waals surface area contributed by atoms with Crippen molar-refractivity contribution in [1.29, 1.82) is 0 Å². The van der Waals surface area contributed by atoms with E-state index in [9.17, 15) is 0 Å². The average molecular weight is 1770 g/mol. The molecule has 0 aliphatic rings. The number of hydrogen-bond acceptors (Lipinski definition) is 3. The summed E-state index contributed by atoms with van der Waals surface area (Å²) in [7, 11) is 0. The molecule has 4 nitrogen and oxygen atoms in total. The molecule has 0 atom stereocenters. The van der Waals surface area contributed by atoms with Crippen LogP contribution in [0.3, 0.4) is 0 Å². The lowest BCUT2D eigenvalue weighted by molar-refractivity contribution is 1.10. The van der Waals surface area contributed by atoms with Gasteiger partial charge >= 0.3 is 0 Å². The van der Waals surface area contributed by atoms with Gasteiger partial charge in [-0.25, -0.2) is 4.98 Å². The predicted octanol–water partition coefficient (Wildman–Crippen LogP) is 36.8. The molecule has 1 aromatic heterocycles. The second kappa shape index (κ2) is 40.2. The van der Waals surface area contributed by atoms with E-state index in [1.165, 1.54) is 143 Å². The van der Waals surface area contributed by atoms with Crippen molar-refractivity contribution in [3.05, 3.63) is 603 Å². The second-order valence-electron chi connectivity index (χ2n) is 34.8. The Kier molecular flexibility index (Phi) is 24.9. The molecule has 139 heavy (non-hydrogen) atoms. The van der Waals surface area contributed by atoms with Crippen molar-refractivity contribution < 1.29 is 0 Å². The van der Waals surface area contributed by atoms with Crippen molar-refractivity contribution in [3.8, 4) is 61.6 Å². The summed E-state index contributed by atoms with van der Waals surface area (Å²) in [6.45, 7) is 0. The first-order chi connectivity index (χ1) is 69.0. The van der Waals surface area contributed by atoms with Gasteiger partial charge in [-0.2, -0.15) is 0 Å². The van der Waals surface area contributed by atoms with E-state index in [4.69, 9.17) is 4.98 Å². The van der Waals surface area contributed by atoms with Crippen molar-refractivity contribution in [2.45, 2.75) is 0 Å². The number of nitrogens with zero attached hydrogens (tertiary/aromatic N) is 4. The van der Waals surface area contributed by atoms with Crippen molar-refractivity contribution in [2.75, 3.05) is 9.80 Å². The van der Waals surface area contributed by atoms with Gasteiger partial charge < -0.3 is 9.80 Å². The zero-order valence-corrected chi connectivity index (χ0v) is 76.7. The number of anilines is 6. The van der Waals surface area contributed by atoms with Crippen LogP contribution in [-0.4, -0.2) is 9.55 Å². The lowest BCUT2D eigenvalue weighted by Crippen LogP contribution is -2.09. The number of hydrogen-bond donors (Lipinski definition) is 0. The van der Waals surface area contributed by atoms with Crippen LogP contribution < -0.4 is 9.80 Å². The maximum absolute atomic E-state index is 5.04. The maximum atomic E-state index is 5.04. The summed E-state index contributed by atoms with van der Waals surface area (Å²) in [5, 5.41) is 12.6. The topological polar surface area (TPSA) is 24.3 Å². The van der Waals surface area contributed by atoms with Gasteiger partial charge in [0.05, 0.1) is 11.0 Å². The first kappa shape index (κ1) is 86.1. The van der Waals surface area contributed by atoms with E-state index in [0.717, 1.165) is 73.4 Å². The number of rotatable bonds is 20. The van der Waals surface area contributed by atoms with Gasteiger partial charge in [-0.1, -0.05) is 467 Å². The molecule has 0 unspecified atom stereocenters. The van der Waals surface area contributed by atoms with Gasteiger partial charge in [0, 0.05) is 45.4 Å². The van der Waals surface area contributed by atoms with E-state index >= 15 is 0 Å². The Morgan fingerprint density at radius 3 is 0.799 bits per heavy atom. The normalized spacial score (nSPS) is 11.1. The molecule has 23 aromatic carbocycles. The maximum Gasteiger partial charge on any atom is 0.145 e. The lowest BCUT2D eigenvalue weighted by atomic mass is 9.85. The highest BCUT2D eigenvalue weighted by atomic mass is 15.1. The monoisotopic (exact) mass is 1770 g/mol. The molecule has 0 bridgehead atoms. The Labute approximate surface area is 812 Å². The number of imidazole rings is 1. The van der Waals surface area contributed by atoms with E-state index in [1.54, 1.807) is 0 Å². The van der Waals surface area contributed by atoms with E-state index in [1.807, 2.05) is 30.3 Å². The molecule has 0 amide bonds. The second-order valence-corrected chi connectivity index (χ2v) is 34.8. The highest BCUT2D eigenvalue weighted by Crippen LogP contribution is 2.48. The fourth-order valence-corrected chi connectivity index (χ4v) is 19.5. The molecule has 24 rings (SSSR count). The first-order valence-electron chi connectivity index (χ1n) is 47.5. The third-order valence-electron chi connectivity index (χ3n) is 26.1. The van der Waals surface area contributed by atoms with Gasteiger partial charge in [0.1, 0.15) is 5.82 Å². The quantitative estimate of drug-likeness (QED) is 0.0561. The Morgan fingerprint density at radius 2 is 0.453 bits per heavy atom. The third kappa shape index (κ3) is 18.4. The molecule has 0 N–H and O–H groups in total. The summed E-state index contributed by atoms with van der Waals surface area (Å²) in [5.74, 6) is 0.945. The largest absolute Gasteiger partial charge is 0.311 e. The molecule has 0 spiro atoms. The van der Waals surface area contributed by atoms with Crippen LogP contribution in [0.4, 0.5) is 34.1 Å². The first-order valence-corrected chi connectivity index (χ1v) is 47.5. The van der Waals surface area contributed by atoms with Crippen LogP contribution in [0.2, 0.25) is 0 Å². The Bertz CT molecular complexity index is 7890. The molecule has 24 aromatic rings. The zero-order valence-electron chi connectivity index (χ0n) is 76.7. The molecule has 0 fully saturated rings. The summed E-state index contributed by atoms with van der Waals surface area (Å²) in [4.78, 5) is 9.59. The summed E-state index contributed by atoms with van der Waals surface area (Å²) in [6.07, 6.45) is 8.94. The standard InChI is InChI=1S/C54H38.C43H28N2.C38H30N2/c1-5-17-41(18-6-1)51(42-19-7-2-8-20-42)37-39-29-33-45(34-30-39)53-47-25-13-15-27-49(47)54(50-28-16-14-26-48(50)53)46-35-31-40(32-36-46)38-52(43-21-9-3-10-22-43)44-23-11-4-12-24-44;1-2-13-31(14-3-1)43-44-39-20-10-11-21-40(39)45(43)34-26-24-30(25-27-34)41-35-16-6-8-18-37(35)42(38-19-9-7-17-36(38)41)33-23-22-29-12-4-5-15-32(29)28-33;1-5-13-33(14-6-1)39(34-15-7-2-8-16-34)37-27-23-31(24-28-37)21-22-32-25-29-38(30-26-32)40(35-17-9-3-10-18-35)36-19-11-4-12-20-36/h1-38H;1-28H;1-30H/b;;22-21+. The van der Waals surface area contributed by atoms with Crippen molar-refractivity contribution in [1.82, 2.24) is 9.55 Å². The van der Waals surface area contributed by atoms with Gasteiger partial charge in [-0.15, -0.1) is 0 Å². The number of fused-ring (bicyclic) bond motifs is 6. The van der Waals surface area contributed by atoms with Gasteiger partial charge in [-0.05, 0) is 269 Å². The van der Waals surface area contributed by atoms with Crippen LogP contribution in [-0.2, 0) is 0 Å².